The number of benzene rings is 1. The van der Waals surface area contributed by atoms with Crippen LogP contribution in [0.5, 0.6) is 0 Å². The average molecular weight is 279 g/mol. The fourth-order valence-corrected chi connectivity index (χ4v) is 1.59. The molecule has 7 heteroatoms. The molecule has 1 aromatic carbocycles. The minimum absolute atomic E-state index is 0.0582. The Kier molecular flexibility index (Phi) is 5.50. The van der Waals surface area contributed by atoms with E-state index in [-0.39, 0.29) is 5.17 Å². The van der Waals surface area contributed by atoms with Gasteiger partial charge in [0, 0.05) is 31.5 Å². The highest BCUT2D eigenvalue weighted by atomic mass is 32.2. The van der Waals surface area contributed by atoms with Crippen molar-refractivity contribution in [3.8, 4) is 0 Å². The van der Waals surface area contributed by atoms with Gasteiger partial charge in [0.25, 0.3) is 0 Å². The van der Waals surface area contributed by atoms with Crippen molar-refractivity contribution in [3.63, 3.8) is 0 Å². The molecule has 1 aromatic rings. The van der Waals surface area contributed by atoms with Crippen molar-refractivity contribution in [2.45, 2.75) is 0 Å². The number of thioether (sulfide) groups is 1. The number of nitrogens with two attached hydrogens (primary N) is 1. The maximum atomic E-state index is 7.64. The van der Waals surface area contributed by atoms with Gasteiger partial charge in [-0.25, -0.2) is 0 Å². The van der Waals surface area contributed by atoms with E-state index in [1.807, 2.05) is 57.4 Å². The van der Waals surface area contributed by atoms with Gasteiger partial charge in [-0.3, -0.25) is 15.7 Å². The molecule has 6 nitrogen and oxygen atoms in total. The second-order valence-electron chi connectivity index (χ2n) is 4.25. The first-order chi connectivity index (χ1) is 8.90. The first kappa shape index (κ1) is 15.2. The Balaban J connectivity index is 2.66. The van der Waals surface area contributed by atoms with E-state index in [9.17, 15) is 0 Å². The van der Waals surface area contributed by atoms with Crippen LogP contribution in [0.25, 0.3) is 0 Å². The number of nitrogens with one attached hydrogen (secondary N) is 1. The Bertz CT molecular complexity index is 499. The Hall–Kier alpha value is -1.89. The molecule has 0 bridgehead atoms. The van der Waals surface area contributed by atoms with Gasteiger partial charge in [-0.05, 0) is 24.3 Å². The molecule has 0 unspecified atom stereocenters. The van der Waals surface area contributed by atoms with Gasteiger partial charge in [-0.2, -0.15) is 0 Å². The highest BCUT2D eigenvalue weighted by Crippen LogP contribution is 2.18. The Morgan fingerprint density at radius 2 is 1.84 bits per heavy atom. The van der Waals surface area contributed by atoms with Gasteiger partial charge in [0.2, 0.25) is 5.17 Å². The second-order valence-corrected chi connectivity index (χ2v) is 5.26. The molecule has 0 aliphatic carbocycles. The highest BCUT2D eigenvalue weighted by Gasteiger charge is 2.06. The van der Waals surface area contributed by atoms with Crippen molar-refractivity contribution >= 4 is 33.5 Å². The predicted molar refractivity (Wildman–Crippen MR) is 81.9 cm³/mol. The lowest BCUT2D eigenvalue weighted by Gasteiger charge is -2.11. The summed E-state index contributed by atoms with van der Waals surface area (Å²) in [6.07, 6.45) is 0. The molecule has 0 amide bonds. The molecule has 0 atom stereocenters. The van der Waals surface area contributed by atoms with Crippen molar-refractivity contribution in [3.05, 3.63) is 24.3 Å². The smallest absolute Gasteiger partial charge is 0.311 e. The third kappa shape index (κ3) is 5.09. The van der Waals surface area contributed by atoms with E-state index < -0.39 is 0 Å². The van der Waals surface area contributed by atoms with Crippen LogP contribution in [-0.2, 0) is 0 Å². The van der Waals surface area contributed by atoms with Crippen LogP contribution in [-0.4, -0.2) is 43.1 Å². The number of hydrogen-bond donors (Lipinski definition) is 2. The zero-order valence-electron chi connectivity index (χ0n) is 11.6. The summed E-state index contributed by atoms with van der Waals surface area (Å²) in [5.74, 6) is 0. The average Bonchev–Trinajstić information content (AvgIpc) is 2.36. The van der Waals surface area contributed by atoms with E-state index in [4.69, 9.17) is 11.1 Å². The van der Waals surface area contributed by atoms with Crippen molar-refractivity contribution in [2.24, 2.45) is 16.0 Å². The molecule has 0 spiro atoms. The summed E-state index contributed by atoms with van der Waals surface area (Å²) >= 11 is 1.07. The zero-order chi connectivity index (χ0) is 14.4. The largest absolute Gasteiger partial charge is 0.378 e. The van der Waals surface area contributed by atoms with Crippen molar-refractivity contribution < 1.29 is 4.58 Å². The molecule has 0 aliphatic heterocycles. The van der Waals surface area contributed by atoms with E-state index in [0.717, 1.165) is 17.4 Å². The molecule has 0 aromatic heterocycles. The summed E-state index contributed by atoms with van der Waals surface area (Å²) in [6.45, 7) is 0. The molecule has 3 N–H and O–H groups in total. The van der Waals surface area contributed by atoms with Crippen LogP contribution in [0.3, 0.4) is 0 Å². The van der Waals surface area contributed by atoms with Gasteiger partial charge in [-0.1, -0.05) is 0 Å². The van der Waals surface area contributed by atoms with E-state index in [0.29, 0.717) is 10.9 Å². The third-order valence-electron chi connectivity index (χ3n) is 2.26. The van der Waals surface area contributed by atoms with E-state index in [1.54, 1.807) is 4.58 Å². The van der Waals surface area contributed by atoms with E-state index in [2.05, 4.69) is 10.2 Å². The highest BCUT2D eigenvalue weighted by molar-refractivity contribution is 8.26. The topological polar surface area (TPSA) is 80.8 Å². The standard InChI is InChI=1S/C12H18N6S/c1-17(2)10-7-5-9(6-8-10)15-16-11(13)19-12(14)18(3)4/h5-8,13-14H,1-4H3/p+1. The van der Waals surface area contributed by atoms with E-state index >= 15 is 0 Å². The molecule has 0 fully saturated rings. The molecule has 0 heterocycles. The Labute approximate surface area is 117 Å². The fourth-order valence-electron chi connectivity index (χ4n) is 1.13. The molecule has 0 aliphatic rings. The quantitative estimate of drug-likeness (QED) is 0.376. The van der Waals surface area contributed by atoms with Gasteiger partial charge in [0.15, 0.2) is 0 Å². The molecule has 19 heavy (non-hydrogen) atoms. The molecule has 1 rings (SSSR count). The Morgan fingerprint density at radius 1 is 1.26 bits per heavy atom. The Morgan fingerprint density at radius 3 is 2.32 bits per heavy atom. The minimum Gasteiger partial charge on any atom is -0.378 e. The molecule has 0 saturated carbocycles. The first-order valence-corrected chi connectivity index (χ1v) is 6.47. The second kappa shape index (κ2) is 6.89. The SMILES string of the molecule is CN(C)c1ccc(N=NC(=N)SC(N)=[N+](C)C)cc1. The fraction of sp³-hybridized carbons (Fsp3) is 0.333. The number of rotatable bonds is 2. The summed E-state index contributed by atoms with van der Waals surface area (Å²) in [5, 5.41) is 16.0. The van der Waals surface area contributed by atoms with Gasteiger partial charge < -0.3 is 4.90 Å². The van der Waals surface area contributed by atoms with Gasteiger partial charge in [-0.15, -0.1) is 10.2 Å². The van der Waals surface area contributed by atoms with Crippen LogP contribution in [0, 0.1) is 5.41 Å². The van der Waals surface area contributed by atoms with Gasteiger partial charge in [0.05, 0.1) is 19.8 Å². The van der Waals surface area contributed by atoms with Crippen molar-refractivity contribution in [2.75, 3.05) is 33.1 Å². The van der Waals surface area contributed by atoms with Crippen LogP contribution in [0.15, 0.2) is 34.5 Å². The number of azo groups is 1. The summed E-state index contributed by atoms with van der Waals surface area (Å²) in [5.41, 5.74) is 7.50. The molecule has 0 radical (unpaired) electrons. The summed E-state index contributed by atoms with van der Waals surface area (Å²) < 4.78 is 1.72. The number of nitrogens with zero attached hydrogens (tertiary/aromatic N) is 4. The van der Waals surface area contributed by atoms with E-state index in [1.165, 1.54) is 0 Å². The number of amidine groups is 2. The maximum Gasteiger partial charge on any atom is 0.311 e. The van der Waals surface area contributed by atoms with Crippen LogP contribution < -0.4 is 10.6 Å². The number of anilines is 1. The normalized spacial score (nSPS) is 10.5. The zero-order valence-corrected chi connectivity index (χ0v) is 12.4. The molecular formula is C12H19N6S+. The van der Waals surface area contributed by atoms with Crippen molar-refractivity contribution in [1.29, 1.82) is 5.41 Å². The summed E-state index contributed by atoms with van der Waals surface area (Å²) in [7, 11) is 7.57. The summed E-state index contributed by atoms with van der Waals surface area (Å²) in [6, 6.07) is 7.61. The van der Waals surface area contributed by atoms with Crippen LogP contribution >= 0.6 is 11.8 Å². The lowest BCUT2D eigenvalue weighted by atomic mass is 10.3. The minimum atomic E-state index is 0.0582. The van der Waals surface area contributed by atoms with Crippen molar-refractivity contribution in [1.82, 2.24) is 0 Å². The molecular weight excluding hydrogens is 260 g/mol. The van der Waals surface area contributed by atoms with Gasteiger partial charge in [0.1, 0.15) is 0 Å². The predicted octanol–water partition coefficient (Wildman–Crippen LogP) is 2.09. The lowest BCUT2D eigenvalue weighted by molar-refractivity contribution is -0.462. The first-order valence-electron chi connectivity index (χ1n) is 5.65. The third-order valence-corrected chi connectivity index (χ3v) is 3.11. The lowest BCUT2D eigenvalue weighted by Crippen LogP contribution is -2.20. The molecule has 102 valence electrons. The van der Waals surface area contributed by atoms with Gasteiger partial charge >= 0.3 is 5.17 Å². The number of hydrogen-bond acceptors (Lipinski definition) is 4. The van der Waals surface area contributed by atoms with Crippen LogP contribution in [0.4, 0.5) is 11.4 Å². The monoisotopic (exact) mass is 279 g/mol. The molecule has 0 saturated heterocycles. The summed E-state index contributed by atoms with van der Waals surface area (Å²) in [4.78, 5) is 2.01. The van der Waals surface area contributed by atoms with Crippen LogP contribution in [0.2, 0.25) is 0 Å². The maximum absolute atomic E-state index is 7.64. The van der Waals surface area contributed by atoms with Crippen LogP contribution in [0.1, 0.15) is 0 Å².